The Morgan fingerprint density at radius 3 is 2.75 bits per heavy atom. The molecular weight excluding hydrogens is 176 g/mol. The SMILES string of the molecule is C/C=C/CCNS(=O)(=O)CC#N. The van der Waals surface area contributed by atoms with E-state index in [9.17, 15) is 8.42 Å². The fourth-order valence-electron chi connectivity index (χ4n) is 0.600. The van der Waals surface area contributed by atoms with Crippen LogP contribution in [0.15, 0.2) is 12.2 Å². The van der Waals surface area contributed by atoms with Crippen molar-refractivity contribution in [2.24, 2.45) is 0 Å². The Hall–Kier alpha value is -0.860. The van der Waals surface area contributed by atoms with Crippen molar-refractivity contribution in [3.05, 3.63) is 12.2 Å². The van der Waals surface area contributed by atoms with Gasteiger partial charge < -0.3 is 0 Å². The number of allylic oxidation sites excluding steroid dienone is 1. The molecule has 0 fully saturated rings. The summed E-state index contributed by atoms with van der Waals surface area (Å²) in [5.41, 5.74) is 0. The predicted octanol–water partition coefficient (Wildman–Crippen LogP) is 0.396. The largest absolute Gasteiger partial charge is 0.225 e. The molecule has 0 rings (SSSR count). The summed E-state index contributed by atoms with van der Waals surface area (Å²) in [5, 5.41) is 8.12. The highest BCUT2D eigenvalue weighted by atomic mass is 32.2. The number of nitrogens with zero attached hydrogens (tertiary/aromatic N) is 1. The van der Waals surface area contributed by atoms with E-state index in [4.69, 9.17) is 5.26 Å². The average molecular weight is 188 g/mol. The molecule has 0 bridgehead atoms. The van der Waals surface area contributed by atoms with Crippen LogP contribution in [0.4, 0.5) is 0 Å². The number of nitriles is 1. The van der Waals surface area contributed by atoms with Gasteiger partial charge in [0.15, 0.2) is 5.75 Å². The van der Waals surface area contributed by atoms with E-state index in [0.717, 1.165) is 0 Å². The van der Waals surface area contributed by atoms with Crippen LogP contribution in [0, 0.1) is 11.3 Å². The van der Waals surface area contributed by atoms with Crippen molar-refractivity contribution >= 4 is 10.0 Å². The van der Waals surface area contributed by atoms with Gasteiger partial charge in [-0.05, 0) is 13.3 Å². The van der Waals surface area contributed by atoms with Crippen molar-refractivity contribution < 1.29 is 8.42 Å². The summed E-state index contributed by atoms with van der Waals surface area (Å²) in [5.74, 6) is -0.469. The van der Waals surface area contributed by atoms with Gasteiger partial charge in [-0.15, -0.1) is 0 Å². The fraction of sp³-hybridized carbons (Fsp3) is 0.571. The lowest BCUT2D eigenvalue weighted by Gasteiger charge is -1.99. The van der Waals surface area contributed by atoms with E-state index in [-0.39, 0.29) is 0 Å². The molecule has 1 N–H and O–H groups in total. The van der Waals surface area contributed by atoms with Gasteiger partial charge in [0.1, 0.15) is 0 Å². The first-order valence-electron chi connectivity index (χ1n) is 3.58. The molecule has 0 radical (unpaired) electrons. The van der Waals surface area contributed by atoms with Crippen molar-refractivity contribution in [2.75, 3.05) is 12.3 Å². The minimum atomic E-state index is -3.36. The highest BCUT2D eigenvalue weighted by molar-refractivity contribution is 7.89. The van der Waals surface area contributed by atoms with E-state index in [2.05, 4.69) is 4.72 Å². The molecule has 0 aromatic rings. The molecule has 4 nitrogen and oxygen atoms in total. The highest BCUT2D eigenvalue weighted by Gasteiger charge is 2.06. The number of hydrogen-bond donors (Lipinski definition) is 1. The smallest absolute Gasteiger partial charge is 0.214 e. The van der Waals surface area contributed by atoms with Crippen molar-refractivity contribution in [2.45, 2.75) is 13.3 Å². The Bertz CT molecular complexity index is 274. The standard InChI is InChI=1S/C7H12N2O2S/c1-2-3-4-6-9-12(10,11)7-5-8/h2-3,9H,4,6-7H2,1H3/b3-2+. The van der Waals surface area contributed by atoms with Gasteiger partial charge in [0.25, 0.3) is 0 Å². The molecule has 12 heavy (non-hydrogen) atoms. The zero-order chi connectivity index (χ0) is 9.45. The summed E-state index contributed by atoms with van der Waals surface area (Å²) in [4.78, 5) is 0. The van der Waals surface area contributed by atoms with Gasteiger partial charge in [0.2, 0.25) is 10.0 Å². The molecule has 0 spiro atoms. The molecule has 0 aromatic heterocycles. The lowest BCUT2D eigenvalue weighted by atomic mass is 10.4. The van der Waals surface area contributed by atoms with Crippen molar-refractivity contribution in [1.29, 1.82) is 5.26 Å². The summed E-state index contributed by atoms with van der Waals surface area (Å²) in [7, 11) is -3.36. The maximum absolute atomic E-state index is 10.8. The molecule has 0 aliphatic heterocycles. The maximum atomic E-state index is 10.8. The van der Waals surface area contributed by atoms with Crippen molar-refractivity contribution in [3.63, 3.8) is 0 Å². The van der Waals surface area contributed by atoms with E-state index in [1.165, 1.54) is 0 Å². The van der Waals surface area contributed by atoms with Gasteiger partial charge in [-0.1, -0.05) is 12.2 Å². The topological polar surface area (TPSA) is 70.0 Å². The van der Waals surface area contributed by atoms with E-state index < -0.39 is 15.8 Å². The predicted molar refractivity (Wildman–Crippen MR) is 46.8 cm³/mol. The van der Waals surface area contributed by atoms with Crippen LogP contribution in [0.3, 0.4) is 0 Å². The summed E-state index contributed by atoms with van der Waals surface area (Å²) in [6.45, 7) is 2.22. The Morgan fingerprint density at radius 2 is 2.25 bits per heavy atom. The van der Waals surface area contributed by atoms with Gasteiger partial charge >= 0.3 is 0 Å². The first kappa shape index (κ1) is 11.1. The molecule has 68 valence electrons. The van der Waals surface area contributed by atoms with Crippen molar-refractivity contribution in [3.8, 4) is 6.07 Å². The minimum absolute atomic E-state index is 0.356. The van der Waals surface area contributed by atoms with Crippen LogP contribution in [-0.2, 0) is 10.0 Å². The second kappa shape index (κ2) is 5.75. The molecule has 5 heteroatoms. The number of hydrogen-bond acceptors (Lipinski definition) is 3. The number of nitrogens with one attached hydrogen (secondary N) is 1. The van der Waals surface area contributed by atoms with Gasteiger partial charge in [0, 0.05) is 6.54 Å². The molecule has 0 saturated heterocycles. The second-order valence-electron chi connectivity index (χ2n) is 2.17. The fourth-order valence-corrected chi connectivity index (χ4v) is 1.30. The lowest BCUT2D eigenvalue weighted by molar-refractivity contribution is 0.585. The first-order valence-corrected chi connectivity index (χ1v) is 5.23. The molecule has 0 heterocycles. The van der Waals surface area contributed by atoms with Gasteiger partial charge in [0.05, 0.1) is 6.07 Å². The minimum Gasteiger partial charge on any atom is -0.214 e. The Morgan fingerprint density at radius 1 is 1.58 bits per heavy atom. The van der Waals surface area contributed by atoms with Gasteiger partial charge in [-0.3, -0.25) is 0 Å². The second-order valence-corrected chi connectivity index (χ2v) is 3.98. The summed E-state index contributed by atoms with van der Waals surface area (Å²) in [6, 6.07) is 1.58. The van der Waals surface area contributed by atoms with E-state index in [1.807, 2.05) is 19.1 Å². The van der Waals surface area contributed by atoms with Crippen LogP contribution in [0.5, 0.6) is 0 Å². The van der Waals surface area contributed by atoms with Crippen LogP contribution in [0.2, 0.25) is 0 Å². The molecule has 0 unspecified atom stereocenters. The summed E-state index contributed by atoms with van der Waals surface area (Å²) in [6.07, 6.45) is 4.36. The summed E-state index contributed by atoms with van der Waals surface area (Å²) >= 11 is 0. The molecule has 0 saturated carbocycles. The van der Waals surface area contributed by atoms with E-state index >= 15 is 0 Å². The number of rotatable bonds is 5. The number of sulfonamides is 1. The average Bonchev–Trinajstić information content (AvgIpc) is 1.98. The quantitative estimate of drug-likeness (QED) is 0.501. The highest BCUT2D eigenvalue weighted by Crippen LogP contribution is 1.85. The molecule has 0 amide bonds. The molecule has 0 aliphatic carbocycles. The maximum Gasteiger partial charge on any atom is 0.225 e. The molecule has 0 aliphatic rings. The summed E-state index contributed by atoms with van der Waals surface area (Å²) < 4.78 is 24.0. The van der Waals surface area contributed by atoms with E-state index in [1.54, 1.807) is 6.07 Å². The van der Waals surface area contributed by atoms with Crippen LogP contribution in [0.25, 0.3) is 0 Å². The molecule has 0 aromatic carbocycles. The normalized spacial score (nSPS) is 11.7. The van der Waals surface area contributed by atoms with Gasteiger partial charge in [-0.25, -0.2) is 13.1 Å². The monoisotopic (exact) mass is 188 g/mol. The van der Waals surface area contributed by atoms with Crippen LogP contribution >= 0.6 is 0 Å². The Kier molecular flexibility index (Phi) is 5.34. The van der Waals surface area contributed by atoms with Crippen LogP contribution < -0.4 is 4.72 Å². The molecular formula is C7H12N2O2S. The lowest BCUT2D eigenvalue weighted by Crippen LogP contribution is -2.26. The third-order valence-corrected chi connectivity index (χ3v) is 2.28. The Balaban J connectivity index is 3.71. The first-order chi connectivity index (χ1) is 5.62. The van der Waals surface area contributed by atoms with Crippen LogP contribution in [-0.4, -0.2) is 20.7 Å². The molecule has 0 atom stereocenters. The van der Waals surface area contributed by atoms with Crippen molar-refractivity contribution in [1.82, 2.24) is 4.72 Å². The zero-order valence-corrected chi connectivity index (χ0v) is 7.76. The van der Waals surface area contributed by atoms with Gasteiger partial charge in [-0.2, -0.15) is 5.26 Å². The van der Waals surface area contributed by atoms with Crippen LogP contribution in [0.1, 0.15) is 13.3 Å². The Labute approximate surface area is 72.9 Å². The zero-order valence-electron chi connectivity index (χ0n) is 6.95. The third-order valence-electron chi connectivity index (χ3n) is 1.12. The third kappa shape index (κ3) is 5.89. The van der Waals surface area contributed by atoms with E-state index in [0.29, 0.717) is 13.0 Å².